The van der Waals surface area contributed by atoms with Crippen LogP contribution in [-0.4, -0.2) is 26.8 Å². The zero-order valence-corrected chi connectivity index (χ0v) is 16.7. The molecule has 3 atom stereocenters. The molecule has 1 fully saturated rings. The Hall–Kier alpha value is -0.681. The number of benzene rings is 1. The average molecular weight is 374 g/mol. The van der Waals surface area contributed by atoms with E-state index in [-0.39, 0.29) is 0 Å². The van der Waals surface area contributed by atoms with Crippen molar-refractivity contribution in [1.29, 1.82) is 0 Å². The van der Waals surface area contributed by atoms with E-state index >= 15 is 0 Å². The second-order valence-electron chi connectivity index (χ2n) is 8.50. The van der Waals surface area contributed by atoms with Crippen molar-refractivity contribution in [3.63, 3.8) is 0 Å². The molecule has 0 aromatic heterocycles. The third kappa shape index (κ3) is 2.91. The first-order chi connectivity index (χ1) is 10.9. The molecule has 2 aliphatic carbocycles. The summed E-state index contributed by atoms with van der Waals surface area (Å²) in [6, 6.07) is 7.31. The van der Waals surface area contributed by atoms with Gasteiger partial charge in [0.2, 0.25) is 0 Å². The molecule has 2 aliphatic rings. The molecule has 1 saturated carbocycles. The third-order valence-electron chi connectivity index (χ3n) is 6.67. The van der Waals surface area contributed by atoms with Gasteiger partial charge < -0.3 is 0 Å². The first-order valence-electron chi connectivity index (χ1n) is 9.08. The first-order valence-corrected chi connectivity index (χ1v) is 9.93. The number of fused-ring (bicyclic) bond motifs is 3. The Morgan fingerprint density at radius 2 is 2.09 bits per heavy atom. The summed E-state index contributed by atoms with van der Waals surface area (Å²) in [5.41, 5.74) is 5.37. The van der Waals surface area contributed by atoms with Crippen molar-refractivity contribution in [2.24, 2.45) is 16.3 Å². The first kappa shape index (κ1) is 17.2. The van der Waals surface area contributed by atoms with Crippen LogP contribution in [-0.2, 0) is 11.8 Å². The Balaban J connectivity index is 2.02. The van der Waals surface area contributed by atoms with Crippen molar-refractivity contribution >= 4 is 20.3 Å². The predicted molar refractivity (Wildman–Crippen MR) is 99.7 cm³/mol. The Labute approximate surface area is 149 Å². The van der Waals surface area contributed by atoms with Gasteiger partial charge in [-0.05, 0) is 0 Å². The van der Waals surface area contributed by atoms with Gasteiger partial charge in [-0.2, -0.15) is 0 Å². The van der Waals surface area contributed by atoms with Crippen LogP contribution in [0.3, 0.4) is 0 Å². The van der Waals surface area contributed by atoms with Crippen LogP contribution in [0.15, 0.2) is 23.2 Å². The van der Waals surface area contributed by atoms with E-state index in [2.05, 4.69) is 71.2 Å². The summed E-state index contributed by atoms with van der Waals surface area (Å²) in [6.45, 7) is 10.5. The minimum atomic E-state index is 0.318. The average Bonchev–Trinajstić information content (AvgIpc) is 2.52. The summed E-state index contributed by atoms with van der Waals surface area (Å²) in [4.78, 5) is 4.48. The minimum absolute atomic E-state index is 0.318. The molecule has 1 nitrogen and oxygen atoms in total. The fourth-order valence-corrected chi connectivity index (χ4v) is 5.54. The van der Waals surface area contributed by atoms with Gasteiger partial charge in [0.15, 0.2) is 0 Å². The summed E-state index contributed by atoms with van der Waals surface area (Å²) >= 11 is 2.80. The van der Waals surface area contributed by atoms with Crippen LogP contribution < -0.4 is 0 Å². The van der Waals surface area contributed by atoms with Crippen LogP contribution >= 0.6 is 0 Å². The van der Waals surface area contributed by atoms with Gasteiger partial charge in [0.1, 0.15) is 0 Å². The zero-order valence-electron chi connectivity index (χ0n) is 15.0. The monoisotopic (exact) mass is 375 g/mol. The van der Waals surface area contributed by atoms with E-state index in [0.29, 0.717) is 16.7 Å². The van der Waals surface area contributed by atoms with Crippen LogP contribution in [0.25, 0.3) is 0 Å². The maximum absolute atomic E-state index is 4.48. The fraction of sp³-hybridized carbons (Fsp3) is 0.667. The Morgan fingerprint density at radius 1 is 1.30 bits per heavy atom. The number of aliphatic imine (C=N–C) groups is 1. The third-order valence-corrected chi connectivity index (χ3v) is 6.94. The molecule has 0 spiro atoms. The van der Waals surface area contributed by atoms with Crippen molar-refractivity contribution in [2.75, 3.05) is 6.54 Å². The molecule has 0 amide bonds. The molecule has 23 heavy (non-hydrogen) atoms. The van der Waals surface area contributed by atoms with Crippen molar-refractivity contribution in [1.82, 2.24) is 0 Å². The number of rotatable bonds is 3. The molecule has 0 N–H and O–H groups in total. The topological polar surface area (TPSA) is 12.4 Å². The van der Waals surface area contributed by atoms with Gasteiger partial charge in [0.05, 0.1) is 0 Å². The van der Waals surface area contributed by atoms with Crippen molar-refractivity contribution in [2.45, 2.75) is 71.1 Å². The van der Waals surface area contributed by atoms with Gasteiger partial charge in [-0.3, -0.25) is 0 Å². The summed E-state index contributed by atoms with van der Waals surface area (Å²) in [5, 5.41) is 0. The maximum atomic E-state index is 4.48. The molecule has 124 valence electrons. The molecule has 2 heteroatoms. The Morgan fingerprint density at radius 3 is 2.78 bits per heavy atom. The summed E-state index contributed by atoms with van der Waals surface area (Å²) in [6.07, 6.45) is 6.49. The van der Waals surface area contributed by atoms with Gasteiger partial charge in [-0.25, -0.2) is 0 Å². The molecule has 0 radical (unpaired) electrons. The summed E-state index contributed by atoms with van der Waals surface area (Å²) in [7, 11) is 0. The van der Waals surface area contributed by atoms with E-state index < -0.39 is 0 Å². The summed E-state index contributed by atoms with van der Waals surface area (Å²) in [5.74, 6) is 1.35. The van der Waals surface area contributed by atoms with E-state index in [1.54, 1.807) is 11.1 Å². The van der Waals surface area contributed by atoms with Crippen LogP contribution in [0.4, 0.5) is 0 Å². The Bertz CT molecular complexity index is 643. The van der Waals surface area contributed by atoms with E-state index in [0.717, 1.165) is 12.5 Å². The zero-order chi connectivity index (χ0) is 16.7. The standard InChI is InChI=1S/C21H29NSe/c1-15(2)16-6-8-18-17(12-16)7-9-19-20(3,13-22-14-23)10-5-11-21(18,19)4/h6,8,12,15,19H,5,7,9-11,13H2,1-4H3/t19-,20-,21+/m0/s1. The molecule has 0 heterocycles. The van der Waals surface area contributed by atoms with Crippen LogP contribution in [0.1, 0.15) is 76.0 Å². The number of aryl methyl sites for hydroxylation is 1. The van der Waals surface area contributed by atoms with Crippen LogP contribution in [0.5, 0.6) is 0 Å². The normalized spacial score (nSPS) is 32.8. The summed E-state index contributed by atoms with van der Waals surface area (Å²) < 4.78 is 2.89. The number of nitrogens with zero attached hydrogens (tertiary/aromatic N) is 1. The SMILES string of the molecule is CC(C)c1ccc2c(c1)CC[C@H]1[C@](C)(CN=C=[Se])CCC[C@]21C. The van der Waals surface area contributed by atoms with Gasteiger partial charge >= 0.3 is 149 Å². The molecule has 0 aliphatic heterocycles. The molecule has 0 unspecified atom stereocenters. The molecular formula is C21H29NSe. The van der Waals surface area contributed by atoms with E-state index in [1.807, 2.05) is 0 Å². The molecular weight excluding hydrogens is 345 g/mol. The molecule has 3 rings (SSSR count). The second-order valence-corrected chi connectivity index (χ2v) is 8.88. The van der Waals surface area contributed by atoms with Crippen molar-refractivity contribution in [3.8, 4) is 0 Å². The Kier molecular flexibility index (Phi) is 4.71. The van der Waals surface area contributed by atoms with E-state index in [1.165, 1.54) is 37.7 Å². The predicted octanol–water partition coefficient (Wildman–Crippen LogP) is 4.89. The van der Waals surface area contributed by atoms with Crippen molar-refractivity contribution < 1.29 is 0 Å². The van der Waals surface area contributed by atoms with Gasteiger partial charge in [-0.15, -0.1) is 0 Å². The van der Waals surface area contributed by atoms with Gasteiger partial charge in [0.25, 0.3) is 0 Å². The molecule has 0 saturated heterocycles. The fourth-order valence-electron chi connectivity index (χ4n) is 5.41. The molecule has 1 aromatic rings. The number of hydrogen-bond donors (Lipinski definition) is 0. The van der Waals surface area contributed by atoms with Gasteiger partial charge in [-0.1, -0.05) is 0 Å². The van der Waals surface area contributed by atoms with E-state index in [9.17, 15) is 0 Å². The number of hydrogen-bond acceptors (Lipinski definition) is 1. The molecule has 0 bridgehead atoms. The van der Waals surface area contributed by atoms with Gasteiger partial charge in [0, 0.05) is 0 Å². The quantitative estimate of drug-likeness (QED) is 0.527. The molecule has 1 aromatic carbocycles. The van der Waals surface area contributed by atoms with Crippen molar-refractivity contribution in [3.05, 3.63) is 34.9 Å². The second kappa shape index (κ2) is 6.32. The van der Waals surface area contributed by atoms with Crippen LogP contribution in [0.2, 0.25) is 0 Å². The van der Waals surface area contributed by atoms with E-state index in [4.69, 9.17) is 0 Å². The van der Waals surface area contributed by atoms with Crippen LogP contribution in [0, 0.1) is 11.3 Å².